The molecule has 0 bridgehead atoms. The van der Waals surface area contributed by atoms with Gasteiger partial charge in [-0.05, 0) is 24.0 Å². The molecule has 0 aliphatic heterocycles. The Hall–Kier alpha value is -1.95. The van der Waals surface area contributed by atoms with Crippen molar-refractivity contribution < 1.29 is 23.8 Å². The van der Waals surface area contributed by atoms with Crippen molar-refractivity contribution in [2.24, 2.45) is 11.8 Å². The maximum Gasteiger partial charge on any atom is 0.328 e. The van der Waals surface area contributed by atoms with Gasteiger partial charge in [0, 0.05) is 5.56 Å². The molecule has 0 aromatic heterocycles. The van der Waals surface area contributed by atoms with E-state index >= 15 is 0 Å². The topological polar surface area (TPSA) is 73.9 Å². The van der Waals surface area contributed by atoms with Crippen molar-refractivity contribution in [3.05, 3.63) is 22.7 Å². The summed E-state index contributed by atoms with van der Waals surface area (Å²) in [7, 11) is 2.76. The standard InChI is InChI=1S/C18H26ClNO5/c1-10(2)9-25-16-13(19)7-12(8-14(16)23-5)17(21)20-15(11(3)4)18(22)24-6/h7-8,10-11,15H,9H2,1-6H3,(H,20,21). The van der Waals surface area contributed by atoms with Crippen molar-refractivity contribution in [2.45, 2.75) is 33.7 Å². The van der Waals surface area contributed by atoms with Gasteiger partial charge in [0.2, 0.25) is 0 Å². The van der Waals surface area contributed by atoms with Gasteiger partial charge in [0.15, 0.2) is 11.5 Å². The van der Waals surface area contributed by atoms with E-state index in [1.807, 2.05) is 27.7 Å². The van der Waals surface area contributed by atoms with E-state index in [1.54, 1.807) is 0 Å². The molecule has 25 heavy (non-hydrogen) atoms. The van der Waals surface area contributed by atoms with Crippen LogP contribution in [0, 0.1) is 11.8 Å². The van der Waals surface area contributed by atoms with Gasteiger partial charge >= 0.3 is 5.97 Å². The van der Waals surface area contributed by atoms with E-state index in [1.165, 1.54) is 26.4 Å². The van der Waals surface area contributed by atoms with Crippen LogP contribution < -0.4 is 14.8 Å². The van der Waals surface area contributed by atoms with Gasteiger partial charge in [-0.25, -0.2) is 4.79 Å². The summed E-state index contributed by atoms with van der Waals surface area (Å²) in [4.78, 5) is 24.3. The Morgan fingerprint density at radius 3 is 2.28 bits per heavy atom. The van der Waals surface area contributed by atoms with E-state index in [9.17, 15) is 9.59 Å². The van der Waals surface area contributed by atoms with Crippen LogP contribution in [-0.4, -0.2) is 38.7 Å². The summed E-state index contributed by atoms with van der Waals surface area (Å²) in [6.07, 6.45) is 0. The first kappa shape index (κ1) is 21.1. The maximum atomic E-state index is 12.5. The van der Waals surface area contributed by atoms with Gasteiger partial charge in [-0.3, -0.25) is 4.79 Å². The molecule has 0 heterocycles. The highest BCUT2D eigenvalue weighted by Gasteiger charge is 2.26. The van der Waals surface area contributed by atoms with Gasteiger partial charge in [-0.1, -0.05) is 39.3 Å². The van der Waals surface area contributed by atoms with Crippen LogP contribution in [-0.2, 0) is 9.53 Å². The highest BCUT2D eigenvalue weighted by molar-refractivity contribution is 6.32. The number of halogens is 1. The molecule has 1 atom stereocenters. The van der Waals surface area contributed by atoms with Crippen molar-refractivity contribution in [3.63, 3.8) is 0 Å². The number of esters is 1. The normalized spacial score (nSPS) is 12.0. The van der Waals surface area contributed by atoms with Crippen molar-refractivity contribution in [1.82, 2.24) is 5.32 Å². The van der Waals surface area contributed by atoms with Gasteiger partial charge in [0.05, 0.1) is 25.8 Å². The molecule has 0 saturated heterocycles. The van der Waals surface area contributed by atoms with E-state index in [0.717, 1.165) is 0 Å². The first-order valence-corrected chi connectivity index (χ1v) is 8.48. The summed E-state index contributed by atoms with van der Waals surface area (Å²) in [6, 6.07) is 2.27. The average molecular weight is 372 g/mol. The Balaban J connectivity index is 3.06. The number of carbonyl (C=O) groups is 2. The number of hydrogen-bond acceptors (Lipinski definition) is 5. The lowest BCUT2D eigenvalue weighted by Crippen LogP contribution is -2.45. The third kappa shape index (κ3) is 5.81. The zero-order valence-corrected chi connectivity index (χ0v) is 16.3. The lowest BCUT2D eigenvalue weighted by molar-refractivity contribution is -0.144. The van der Waals surface area contributed by atoms with E-state index in [2.05, 4.69) is 5.32 Å². The molecule has 1 unspecified atom stereocenters. The van der Waals surface area contributed by atoms with Crippen LogP contribution >= 0.6 is 11.6 Å². The molecule has 0 radical (unpaired) electrons. The fourth-order valence-electron chi connectivity index (χ4n) is 2.09. The lowest BCUT2D eigenvalue weighted by atomic mass is 10.0. The summed E-state index contributed by atoms with van der Waals surface area (Å²) < 4.78 is 15.7. The summed E-state index contributed by atoms with van der Waals surface area (Å²) in [5.41, 5.74) is 0.272. The van der Waals surface area contributed by atoms with Gasteiger partial charge < -0.3 is 19.5 Å². The summed E-state index contributed by atoms with van der Waals surface area (Å²) >= 11 is 6.25. The van der Waals surface area contributed by atoms with Crippen molar-refractivity contribution in [1.29, 1.82) is 0 Å². The third-order valence-electron chi connectivity index (χ3n) is 3.46. The Bertz CT molecular complexity index is 616. The molecule has 0 aliphatic rings. The van der Waals surface area contributed by atoms with E-state index in [4.69, 9.17) is 25.8 Å². The van der Waals surface area contributed by atoms with Crippen LogP contribution in [0.5, 0.6) is 11.5 Å². The van der Waals surface area contributed by atoms with Gasteiger partial charge in [0.25, 0.3) is 5.91 Å². The first-order valence-electron chi connectivity index (χ1n) is 8.10. The van der Waals surface area contributed by atoms with Gasteiger partial charge in [-0.2, -0.15) is 0 Å². The fourth-order valence-corrected chi connectivity index (χ4v) is 2.36. The fraction of sp³-hybridized carbons (Fsp3) is 0.556. The largest absolute Gasteiger partial charge is 0.493 e. The predicted octanol–water partition coefficient (Wildman–Crippen LogP) is 3.31. The predicted molar refractivity (Wildman–Crippen MR) is 96.4 cm³/mol. The molecule has 0 saturated carbocycles. The minimum atomic E-state index is -0.751. The van der Waals surface area contributed by atoms with Crippen LogP contribution in [0.3, 0.4) is 0 Å². The van der Waals surface area contributed by atoms with Crippen LogP contribution in [0.25, 0.3) is 0 Å². The van der Waals surface area contributed by atoms with Crippen LogP contribution in [0.1, 0.15) is 38.1 Å². The first-order chi connectivity index (χ1) is 11.7. The number of carbonyl (C=O) groups excluding carboxylic acids is 2. The molecule has 1 aromatic carbocycles. The second-order valence-electron chi connectivity index (χ2n) is 6.41. The molecule has 0 aliphatic carbocycles. The zero-order chi connectivity index (χ0) is 19.1. The summed E-state index contributed by atoms with van der Waals surface area (Å²) in [6.45, 7) is 8.14. The SMILES string of the molecule is COC(=O)C(NC(=O)c1cc(Cl)c(OCC(C)C)c(OC)c1)C(C)C. The highest BCUT2D eigenvalue weighted by Crippen LogP contribution is 2.36. The van der Waals surface area contributed by atoms with E-state index < -0.39 is 17.9 Å². The van der Waals surface area contributed by atoms with E-state index in [0.29, 0.717) is 24.0 Å². The molecule has 1 aromatic rings. The van der Waals surface area contributed by atoms with Gasteiger partial charge in [-0.15, -0.1) is 0 Å². The quantitative estimate of drug-likeness (QED) is 0.709. The minimum absolute atomic E-state index is 0.123. The number of methoxy groups -OCH3 is 2. The molecular weight excluding hydrogens is 346 g/mol. The molecule has 140 valence electrons. The van der Waals surface area contributed by atoms with Crippen molar-refractivity contribution in [3.8, 4) is 11.5 Å². The van der Waals surface area contributed by atoms with Gasteiger partial charge in [0.1, 0.15) is 6.04 Å². The Kier molecular flexibility index (Phi) is 8.03. The molecule has 0 spiro atoms. The second kappa shape index (κ2) is 9.51. The van der Waals surface area contributed by atoms with Crippen molar-refractivity contribution >= 4 is 23.5 Å². The Morgan fingerprint density at radius 1 is 1.16 bits per heavy atom. The highest BCUT2D eigenvalue weighted by atomic mass is 35.5. The van der Waals surface area contributed by atoms with E-state index in [-0.39, 0.29) is 16.5 Å². The Morgan fingerprint density at radius 2 is 1.80 bits per heavy atom. The molecular formula is C18H26ClNO5. The van der Waals surface area contributed by atoms with Crippen LogP contribution in [0.4, 0.5) is 0 Å². The maximum absolute atomic E-state index is 12.5. The van der Waals surface area contributed by atoms with Crippen LogP contribution in [0.2, 0.25) is 5.02 Å². The molecule has 6 nitrogen and oxygen atoms in total. The monoisotopic (exact) mass is 371 g/mol. The third-order valence-corrected chi connectivity index (χ3v) is 3.74. The smallest absolute Gasteiger partial charge is 0.328 e. The second-order valence-corrected chi connectivity index (χ2v) is 6.82. The number of benzene rings is 1. The Labute approximate surface area is 153 Å². The van der Waals surface area contributed by atoms with Crippen LogP contribution in [0.15, 0.2) is 12.1 Å². The van der Waals surface area contributed by atoms with Crippen molar-refractivity contribution in [2.75, 3.05) is 20.8 Å². The number of nitrogens with one attached hydrogen (secondary N) is 1. The molecule has 1 N–H and O–H groups in total. The summed E-state index contributed by atoms with van der Waals surface area (Å²) in [5, 5.41) is 2.93. The molecule has 0 fully saturated rings. The zero-order valence-electron chi connectivity index (χ0n) is 15.5. The molecule has 7 heteroatoms. The molecule has 1 amide bonds. The molecule has 1 rings (SSSR count). The number of rotatable bonds is 8. The summed E-state index contributed by atoms with van der Waals surface area (Å²) in [5.74, 6) is -0.00344. The number of amides is 1. The lowest BCUT2D eigenvalue weighted by Gasteiger charge is -2.20. The number of hydrogen-bond donors (Lipinski definition) is 1. The minimum Gasteiger partial charge on any atom is -0.493 e. The number of ether oxygens (including phenoxy) is 3. The average Bonchev–Trinajstić information content (AvgIpc) is 2.56.